The zero-order valence-electron chi connectivity index (χ0n) is 15.2. The van der Waals surface area contributed by atoms with Crippen LogP contribution in [0.25, 0.3) is 5.70 Å². The average molecular weight is 409 g/mol. The Hall–Kier alpha value is -2.46. The number of hydrogen-bond acceptors (Lipinski definition) is 3. The molecule has 0 fully saturated rings. The van der Waals surface area contributed by atoms with Gasteiger partial charge < -0.3 is 10.2 Å². The lowest BCUT2D eigenvalue weighted by Gasteiger charge is -2.39. The van der Waals surface area contributed by atoms with Crippen LogP contribution in [0.3, 0.4) is 0 Å². The van der Waals surface area contributed by atoms with Crippen LogP contribution in [-0.4, -0.2) is 5.01 Å². The molecule has 3 nitrogen and oxygen atoms in total. The van der Waals surface area contributed by atoms with E-state index in [1.165, 1.54) is 5.56 Å². The summed E-state index contributed by atoms with van der Waals surface area (Å²) in [4.78, 5) is 0. The van der Waals surface area contributed by atoms with Crippen molar-refractivity contribution in [2.45, 2.75) is 19.2 Å². The van der Waals surface area contributed by atoms with Gasteiger partial charge in [-0.1, -0.05) is 77.3 Å². The van der Waals surface area contributed by atoms with Crippen LogP contribution in [0, 0.1) is 6.92 Å². The van der Waals surface area contributed by atoms with Crippen molar-refractivity contribution in [3.63, 3.8) is 0 Å². The number of para-hydroxylation sites is 1. The molecule has 0 saturated carbocycles. The highest BCUT2D eigenvalue weighted by Gasteiger charge is 2.40. The second kappa shape index (κ2) is 6.85. The Kier molecular flexibility index (Phi) is 4.31. The number of aryl methyl sites for hydroxylation is 1. The van der Waals surface area contributed by atoms with Crippen LogP contribution in [0.15, 0.2) is 72.8 Å². The minimum absolute atomic E-state index is 0.0398. The van der Waals surface area contributed by atoms with Crippen molar-refractivity contribution < 1.29 is 4.74 Å². The standard InChI is InChI=1S/C23H18Cl2N2O/c1-14-6-8-15(9-7-14)20-13-21-18-4-2-3-5-22(18)28-23(27(21)26-20)17-11-10-16(24)12-19(17)25/h2-13,21,23,26H,1H3/t21-,23-/m1/s1. The zero-order chi connectivity index (χ0) is 19.3. The van der Waals surface area contributed by atoms with Crippen molar-refractivity contribution in [2.75, 3.05) is 0 Å². The number of halogens is 2. The number of nitrogens with zero attached hydrogens (tertiary/aromatic N) is 1. The molecular weight excluding hydrogens is 391 g/mol. The van der Waals surface area contributed by atoms with Gasteiger partial charge in [0.1, 0.15) is 5.75 Å². The van der Waals surface area contributed by atoms with E-state index in [0.717, 1.165) is 28.1 Å². The van der Waals surface area contributed by atoms with Gasteiger partial charge in [0.05, 0.1) is 16.8 Å². The van der Waals surface area contributed by atoms with Crippen molar-refractivity contribution >= 4 is 28.9 Å². The van der Waals surface area contributed by atoms with E-state index in [4.69, 9.17) is 27.9 Å². The van der Waals surface area contributed by atoms with Crippen LogP contribution in [0.5, 0.6) is 5.75 Å². The Bertz CT molecular complexity index is 1080. The number of ether oxygens (including phenoxy) is 1. The van der Waals surface area contributed by atoms with E-state index in [-0.39, 0.29) is 12.3 Å². The smallest absolute Gasteiger partial charge is 0.197 e. The van der Waals surface area contributed by atoms with Gasteiger partial charge >= 0.3 is 0 Å². The number of fused-ring (bicyclic) bond motifs is 3. The largest absolute Gasteiger partial charge is 0.469 e. The molecule has 28 heavy (non-hydrogen) atoms. The first kappa shape index (κ1) is 17.6. The fourth-order valence-electron chi connectivity index (χ4n) is 3.75. The molecule has 3 aromatic rings. The predicted octanol–water partition coefficient (Wildman–Crippen LogP) is 6.30. The molecular formula is C23H18Cl2N2O. The zero-order valence-corrected chi connectivity index (χ0v) is 16.7. The maximum atomic E-state index is 6.52. The van der Waals surface area contributed by atoms with Crippen LogP contribution >= 0.6 is 23.2 Å². The topological polar surface area (TPSA) is 24.5 Å². The highest BCUT2D eigenvalue weighted by atomic mass is 35.5. The predicted molar refractivity (Wildman–Crippen MR) is 113 cm³/mol. The SMILES string of the molecule is Cc1ccc(C2=C[C@@H]3c4ccccc4O[C@H](c4ccc(Cl)cc4Cl)N3N2)cc1. The Morgan fingerprint density at radius 2 is 1.71 bits per heavy atom. The maximum absolute atomic E-state index is 6.52. The number of benzene rings is 3. The Balaban J connectivity index is 1.59. The average Bonchev–Trinajstić information content (AvgIpc) is 3.14. The van der Waals surface area contributed by atoms with E-state index < -0.39 is 0 Å². The van der Waals surface area contributed by atoms with Gasteiger partial charge in [-0.2, -0.15) is 5.01 Å². The van der Waals surface area contributed by atoms with Crippen molar-refractivity contribution in [1.82, 2.24) is 10.4 Å². The molecule has 5 rings (SSSR count). The van der Waals surface area contributed by atoms with E-state index in [9.17, 15) is 0 Å². The van der Waals surface area contributed by atoms with Gasteiger partial charge in [-0.15, -0.1) is 0 Å². The quantitative estimate of drug-likeness (QED) is 0.538. The van der Waals surface area contributed by atoms with Gasteiger partial charge in [-0.3, -0.25) is 0 Å². The second-order valence-corrected chi connectivity index (χ2v) is 7.93. The molecule has 140 valence electrons. The molecule has 0 amide bonds. The van der Waals surface area contributed by atoms with Crippen molar-refractivity contribution in [3.8, 4) is 5.75 Å². The molecule has 3 aromatic carbocycles. The fraction of sp³-hybridized carbons (Fsp3) is 0.130. The molecule has 2 aliphatic heterocycles. The summed E-state index contributed by atoms with van der Waals surface area (Å²) in [6, 6.07) is 22.2. The molecule has 0 spiro atoms. The molecule has 0 radical (unpaired) electrons. The molecule has 2 heterocycles. The summed E-state index contributed by atoms with van der Waals surface area (Å²) in [5, 5.41) is 3.29. The van der Waals surface area contributed by atoms with Crippen LogP contribution in [0.2, 0.25) is 10.0 Å². The van der Waals surface area contributed by atoms with Gasteiger partial charge in [0.25, 0.3) is 0 Å². The van der Waals surface area contributed by atoms with Crippen LogP contribution in [0.1, 0.15) is 34.5 Å². The first-order chi connectivity index (χ1) is 13.6. The van der Waals surface area contributed by atoms with E-state index in [1.54, 1.807) is 6.07 Å². The lowest BCUT2D eigenvalue weighted by Crippen LogP contribution is -2.43. The molecule has 0 unspecified atom stereocenters. The number of rotatable bonds is 2. The summed E-state index contributed by atoms with van der Waals surface area (Å²) in [6.45, 7) is 2.09. The van der Waals surface area contributed by atoms with Crippen LogP contribution in [0.4, 0.5) is 0 Å². The Labute approximate surface area is 174 Å². The molecule has 2 atom stereocenters. The van der Waals surface area contributed by atoms with E-state index >= 15 is 0 Å². The third kappa shape index (κ3) is 2.96. The molecule has 1 N–H and O–H groups in total. The molecule has 0 aromatic heterocycles. The minimum atomic E-state index is -0.371. The summed E-state index contributed by atoms with van der Waals surface area (Å²) in [5.41, 5.74) is 8.96. The molecule has 0 aliphatic carbocycles. The lowest BCUT2D eigenvalue weighted by atomic mass is 10.0. The van der Waals surface area contributed by atoms with Crippen molar-refractivity contribution in [1.29, 1.82) is 0 Å². The number of hydrogen-bond donors (Lipinski definition) is 1. The minimum Gasteiger partial charge on any atom is -0.469 e. The van der Waals surface area contributed by atoms with Gasteiger partial charge in [0.15, 0.2) is 6.23 Å². The van der Waals surface area contributed by atoms with Crippen LogP contribution < -0.4 is 10.2 Å². The van der Waals surface area contributed by atoms with Crippen LogP contribution in [-0.2, 0) is 0 Å². The van der Waals surface area contributed by atoms with Crippen molar-refractivity contribution in [2.24, 2.45) is 0 Å². The fourth-order valence-corrected chi connectivity index (χ4v) is 4.25. The summed E-state index contributed by atoms with van der Waals surface area (Å²) < 4.78 is 6.36. The lowest BCUT2D eigenvalue weighted by molar-refractivity contribution is -0.0325. The first-order valence-corrected chi connectivity index (χ1v) is 9.90. The number of hydrazine groups is 1. The highest BCUT2D eigenvalue weighted by Crippen LogP contribution is 2.47. The van der Waals surface area contributed by atoms with Gasteiger partial charge in [-0.05, 0) is 36.8 Å². The maximum Gasteiger partial charge on any atom is 0.197 e. The number of nitrogens with one attached hydrogen (secondary N) is 1. The van der Waals surface area contributed by atoms with Gasteiger partial charge in [-0.25, -0.2) is 0 Å². The molecule has 0 bridgehead atoms. The highest BCUT2D eigenvalue weighted by molar-refractivity contribution is 6.35. The monoisotopic (exact) mass is 408 g/mol. The molecule has 2 aliphatic rings. The molecule has 5 heteroatoms. The van der Waals surface area contributed by atoms with Gasteiger partial charge in [0.2, 0.25) is 0 Å². The van der Waals surface area contributed by atoms with Gasteiger partial charge in [0, 0.05) is 16.1 Å². The van der Waals surface area contributed by atoms with E-state index in [1.807, 2.05) is 30.3 Å². The summed E-state index contributed by atoms with van der Waals surface area (Å²) in [5.74, 6) is 0.864. The normalized spacial score (nSPS) is 20.6. The van der Waals surface area contributed by atoms with E-state index in [0.29, 0.717) is 10.0 Å². The summed E-state index contributed by atoms with van der Waals surface area (Å²) >= 11 is 12.6. The second-order valence-electron chi connectivity index (χ2n) is 7.08. The molecule has 0 saturated heterocycles. The first-order valence-electron chi connectivity index (χ1n) is 9.14. The summed E-state index contributed by atoms with van der Waals surface area (Å²) in [7, 11) is 0. The van der Waals surface area contributed by atoms with E-state index in [2.05, 4.69) is 53.8 Å². The summed E-state index contributed by atoms with van der Waals surface area (Å²) in [6.07, 6.45) is 1.87. The van der Waals surface area contributed by atoms with Crippen molar-refractivity contribution in [3.05, 3.63) is 105 Å². The third-order valence-electron chi connectivity index (χ3n) is 5.19. The third-order valence-corrected chi connectivity index (χ3v) is 5.76. The Morgan fingerprint density at radius 1 is 0.929 bits per heavy atom. The Morgan fingerprint density at radius 3 is 2.50 bits per heavy atom.